The fraction of sp³-hybridized carbons (Fsp3) is 0.692. The van der Waals surface area contributed by atoms with E-state index in [0.29, 0.717) is 5.88 Å². The van der Waals surface area contributed by atoms with Gasteiger partial charge in [0.1, 0.15) is 12.1 Å². The summed E-state index contributed by atoms with van der Waals surface area (Å²) in [4.78, 5) is 8.15. The predicted octanol–water partition coefficient (Wildman–Crippen LogP) is 3.26. The molecule has 4 nitrogen and oxygen atoms in total. The Balaban J connectivity index is 2.31. The molecule has 1 unspecified atom stereocenters. The Bertz CT molecular complexity index is 317. The predicted molar refractivity (Wildman–Crippen MR) is 70.4 cm³/mol. The van der Waals surface area contributed by atoms with Crippen LogP contribution >= 0.6 is 0 Å². The molecule has 1 aromatic heterocycles. The monoisotopic (exact) mass is 237 g/mol. The summed E-state index contributed by atoms with van der Waals surface area (Å²) >= 11 is 0. The largest absolute Gasteiger partial charge is 0.475 e. The van der Waals surface area contributed by atoms with Crippen LogP contribution in [0.3, 0.4) is 0 Å². The van der Waals surface area contributed by atoms with Gasteiger partial charge < -0.3 is 10.1 Å². The maximum Gasteiger partial charge on any atom is 0.218 e. The van der Waals surface area contributed by atoms with Crippen LogP contribution in [0.25, 0.3) is 0 Å². The molecular weight excluding hydrogens is 214 g/mol. The van der Waals surface area contributed by atoms with E-state index < -0.39 is 0 Å². The molecular formula is C13H23N3O. The van der Waals surface area contributed by atoms with E-state index >= 15 is 0 Å². The lowest BCUT2D eigenvalue weighted by molar-refractivity contribution is 0.198. The minimum atomic E-state index is 0.214. The molecule has 0 aliphatic heterocycles. The highest BCUT2D eigenvalue weighted by atomic mass is 16.5. The summed E-state index contributed by atoms with van der Waals surface area (Å²) in [6.45, 7) is 4.31. The van der Waals surface area contributed by atoms with E-state index in [0.717, 1.165) is 12.2 Å². The van der Waals surface area contributed by atoms with Gasteiger partial charge >= 0.3 is 0 Å². The fourth-order valence-electron chi connectivity index (χ4n) is 1.66. The van der Waals surface area contributed by atoms with Crippen molar-refractivity contribution in [3.05, 3.63) is 12.4 Å². The zero-order valence-corrected chi connectivity index (χ0v) is 11.1. The van der Waals surface area contributed by atoms with E-state index in [2.05, 4.69) is 29.1 Å². The molecule has 4 heteroatoms. The Morgan fingerprint density at radius 1 is 1.29 bits per heavy atom. The van der Waals surface area contributed by atoms with E-state index in [-0.39, 0.29) is 6.10 Å². The molecule has 1 heterocycles. The van der Waals surface area contributed by atoms with Crippen molar-refractivity contribution < 1.29 is 4.74 Å². The summed E-state index contributed by atoms with van der Waals surface area (Å²) in [5.41, 5.74) is 0. The van der Waals surface area contributed by atoms with Crippen LogP contribution < -0.4 is 10.1 Å². The number of aromatic nitrogens is 2. The number of hydrogen-bond donors (Lipinski definition) is 1. The van der Waals surface area contributed by atoms with Gasteiger partial charge in [0.05, 0.1) is 6.10 Å². The molecule has 1 rings (SSSR count). The van der Waals surface area contributed by atoms with Gasteiger partial charge in [-0.05, 0) is 19.8 Å². The second kappa shape index (κ2) is 7.87. The molecule has 0 radical (unpaired) electrons. The minimum absolute atomic E-state index is 0.214. The van der Waals surface area contributed by atoms with Gasteiger partial charge in [-0.1, -0.05) is 26.2 Å². The Morgan fingerprint density at radius 3 is 2.82 bits per heavy atom. The van der Waals surface area contributed by atoms with Crippen LogP contribution in [0.15, 0.2) is 12.4 Å². The average molecular weight is 237 g/mol. The highest BCUT2D eigenvalue weighted by Crippen LogP contribution is 2.14. The van der Waals surface area contributed by atoms with E-state index in [4.69, 9.17) is 4.74 Å². The van der Waals surface area contributed by atoms with Crippen molar-refractivity contribution in [2.24, 2.45) is 0 Å². The second-order valence-electron chi connectivity index (χ2n) is 4.27. The first-order valence-corrected chi connectivity index (χ1v) is 6.42. The molecule has 1 N–H and O–H groups in total. The lowest BCUT2D eigenvalue weighted by Crippen LogP contribution is -2.12. The van der Waals surface area contributed by atoms with Gasteiger partial charge in [-0.15, -0.1) is 0 Å². The molecule has 0 saturated carbocycles. The van der Waals surface area contributed by atoms with Crippen molar-refractivity contribution in [3.8, 4) is 5.88 Å². The fourth-order valence-corrected chi connectivity index (χ4v) is 1.66. The molecule has 0 aromatic carbocycles. The highest BCUT2D eigenvalue weighted by molar-refractivity contribution is 5.35. The van der Waals surface area contributed by atoms with Crippen LogP contribution in [-0.2, 0) is 0 Å². The standard InChI is InChI=1S/C13H23N3O/c1-4-5-6-7-8-11(2)17-13-9-12(14-3)15-10-16-13/h9-11H,4-8H2,1-3H3,(H,14,15,16). The average Bonchev–Trinajstić information content (AvgIpc) is 2.35. The van der Waals surface area contributed by atoms with Gasteiger partial charge in [-0.2, -0.15) is 0 Å². The van der Waals surface area contributed by atoms with Crippen molar-refractivity contribution >= 4 is 5.82 Å². The van der Waals surface area contributed by atoms with Gasteiger partial charge in [-0.25, -0.2) is 9.97 Å². The third-order valence-electron chi connectivity index (χ3n) is 2.68. The number of hydrogen-bond acceptors (Lipinski definition) is 4. The first kappa shape index (κ1) is 13.7. The van der Waals surface area contributed by atoms with Gasteiger partial charge in [0, 0.05) is 13.1 Å². The first-order valence-electron chi connectivity index (χ1n) is 6.42. The molecule has 0 fully saturated rings. The molecule has 96 valence electrons. The van der Waals surface area contributed by atoms with Crippen molar-refractivity contribution in [1.82, 2.24) is 9.97 Å². The van der Waals surface area contributed by atoms with Crippen LogP contribution in [0.1, 0.15) is 46.0 Å². The van der Waals surface area contributed by atoms with Gasteiger partial charge in [0.2, 0.25) is 5.88 Å². The summed E-state index contributed by atoms with van der Waals surface area (Å²) in [7, 11) is 1.83. The normalized spacial score (nSPS) is 12.2. The third-order valence-corrected chi connectivity index (χ3v) is 2.68. The van der Waals surface area contributed by atoms with E-state index in [9.17, 15) is 0 Å². The zero-order valence-electron chi connectivity index (χ0n) is 11.1. The highest BCUT2D eigenvalue weighted by Gasteiger charge is 2.05. The maximum absolute atomic E-state index is 5.75. The van der Waals surface area contributed by atoms with Gasteiger partial charge in [0.25, 0.3) is 0 Å². The molecule has 17 heavy (non-hydrogen) atoms. The van der Waals surface area contributed by atoms with Crippen LogP contribution in [-0.4, -0.2) is 23.1 Å². The SMILES string of the molecule is CCCCCCC(C)Oc1cc(NC)ncn1. The molecule has 0 saturated heterocycles. The number of unbranched alkanes of at least 4 members (excludes halogenated alkanes) is 3. The van der Waals surface area contributed by atoms with Crippen molar-refractivity contribution in [3.63, 3.8) is 0 Å². The zero-order chi connectivity index (χ0) is 12.5. The van der Waals surface area contributed by atoms with Crippen LogP contribution in [0, 0.1) is 0 Å². The number of nitrogens with one attached hydrogen (secondary N) is 1. The third kappa shape index (κ3) is 5.52. The molecule has 1 aromatic rings. The quantitative estimate of drug-likeness (QED) is 0.705. The lowest BCUT2D eigenvalue weighted by Gasteiger charge is -2.13. The summed E-state index contributed by atoms with van der Waals surface area (Å²) in [5, 5.41) is 2.97. The molecule has 0 aliphatic rings. The minimum Gasteiger partial charge on any atom is -0.475 e. The second-order valence-corrected chi connectivity index (χ2v) is 4.27. The number of anilines is 1. The van der Waals surface area contributed by atoms with Crippen molar-refractivity contribution in [2.75, 3.05) is 12.4 Å². The molecule has 0 amide bonds. The number of rotatable bonds is 8. The molecule has 0 spiro atoms. The summed E-state index contributed by atoms with van der Waals surface area (Å²) in [6.07, 6.45) is 7.90. The van der Waals surface area contributed by atoms with Gasteiger partial charge in [-0.3, -0.25) is 0 Å². The Morgan fingerprint density at radius 2 is 2.12 bits per heavy atom. The summed E-state index contributed by atoms with van der Waals surface area (Å²) in [6, 6.07) is 1.82. The Hall–Kier alpha value is -1.32. The van der Waals surface area contributed by atoms with Crippen molar-refractivity contribution in [1.29, 1.82) is 0 Å². The van der Waals surface area contributed by atoms with Crippen molar-refractivity contribution in [2.45, 2.75) is 52.1 Å². The Labute approximate surface area is 104 Å². The molecule has 1 atom stereocenters. The smallest absolute Gasteiger partial charge is 0.218 e. The first-order chi connectivity index (χ1) is 8.26. The summed E-state index contributed by atoms with van der Waals surface area (Å²) in [5.74, 6) is 1.43. The van der Waals surface area contributed by atoms with Crippen LogP contribution in [0.2, 0.25) is 0 Å². The summed E-state index contributed by atoms with van der Waals surface area (Å²) < 4.78 is 5.75. The Kier molecular flexibility index (Phi) is 6.37. The molecule has 0 aliphatic carbocycles. The number of nitrogens with zero attached hydrogens (tertiary/aromatic N) is 2. The van der Waals surface area contributed by atoms with E-state index in [1.165, 1.54) is 32.0 Å². The number of ether oxygens (including phenoxy) is 1. The lowest BCUT2D eigenvalue weighted by atomic mass is 10.1. The topological polar surface area (TPSA) is 47.0 Å². The van der Waals surface area contributed by atoms with Crippen LogP contribution in [0.4, 0.5) is 5.82 Å². The van der Waals surface area contributed by atoms with E-state index in [1.807, 2.05) is 13.1 Å². The molecule has 0 bridgehead atoms. The van der Waals surface area contributed by atoms with Gasteiger partial charge in [0.15, 0.2) is 0 Å². The van der Waals surface area contributed by atoms with Crippen LogP contribution in [0.5, 0.6) is 5.88 Å². The maximum atomic E-state index is 5.75. The van der Waals surface area contributed by atoms with E-state index in [1.54, 1.807) is 0 Å².